The molecule has 0 radical (unpaired) electrons. The molecule has 43 heavy (non-hydrogen) atoms. The maximum Gasteiger partial charge on any atom is 0.301 e. The Morgan fingerprint density at radius 3 is 2.12 bits per heavy atom. The van der Waals surface area contributed by atoms with E-state index in [9.17, 15) is 19.1 Å². The summed E-state index contributed by atoms with van der Waals surface area (Å²) >= 11 is 2.55. The van der Waals surface area contributed by atoms with E-state index in [1.807, 2.05) is 13.8 Å². The first-order valence-corrected chi connectivity index (χ1v) is 15.7. The molecule has 2 heterocycles. The molecule has 4 aromatic rings. The van der Waals surface area contributed by atoms with Gasteiger partial charge >= 0.3 is 5.91 Å². The number of nitrogens with zero attached hydrogens (tertiary/aromatic N) is 3. The lowest BCUT2D eigenvalue weighted by atomic mass is 9.95. The van der Waals surface area contributed by atoms with Crippen molar-refractivity contribution in [2.45, 2.75) is 42.8 Å². The lowest BCUT2D eigenvalue weighted by Crippen LogP contribution is -2.29. The quantitative estimate of drug-likeness (QED) is 0.0586. The fourth-order valence-corrected chi connectivity index (χ4v) is 6.30. The molecule has 1 aliphatic heterocycles. The first kappa shape index (κ1) is 30.2. The number of hydrogen-bond donors (Lipinski definition) is 1. The third-order valence-corrected chi connectivity index (χ3v) is 8.72. The summed E-state index contributed by atoms with van der Waals surface area (Å²) in [6.45, 7) is 5.13. The Bertz CT molecular complexity index is 1610. The average molecular weight is 620 g/mol. The normalized spacial score (nSPS) is 16.1. The van der Waals surface area contributed by atoms with Crippen molar-refractivity contribution < 1.29 is 28.6 Å². The molecule has 1 aromatic heterocycles. The number of aliphatic hydroxyl groups excluding tert-OH is 1. The van der Waals surface area contributed by atoms with E-state index in [0.29, 0.717) is 45.9 Å². The lowest BCUT2D eigenvalue weighted by molar-refractivity contribution is -0.132. The average Bonchev–Trinajstić information content (AvgIpc) is 3.60. The summed E-state index contributed by atoms with van der Waals surface area (Å²) in [5.74, 6) is -0.433. The van der Waals surface area contributed by atoms with E-state index in [4.69, 9.17) is 9.47 Å². The summed E-state index contributed by atoms with van der Waals surface area (Å²) in [6.07, 6.45) is 1.70. The molecule has 0 saturated carbocycles. The van der Waals surface area contributed by atoms with Crippen LogP contribution in [0, 0.1) is 5.82 Å². The summed E-state index contributed by atoms with van der Waals surface area (Å²) in [6, 6.07) is 19.1. The second kappa shape index (κ2) is 13.8. The first-order chi connectivity index (χ1) is 20.9. The van der Waals surface area contributed by atoms with Gasteiger partial charge in [-0.15, -0.1) is 10.2 Å². The standard InChI is InChI=1S/C32H30FN3O5S2/c1-3-17-40-24-13-7-21(8-14-24)27-26(28(37)22-9-15-25(16-10-22)41-18-4-2)29(38)30(39)36(27)31-34-35-32(43-31)42-19-20-5-11-23(33)12-6-20/h5-16,27,37H,3-4,17-19H2,1-2H3/b28-26-. The topological polar surface area (TPSA) is 102 Å². The highest BCUT2D eigenvalue weighted by molar-refractivity contribution is 8.00. The molecular formula is C32H30FN3O5S2. The largest absolute Gasteiger partial charge is 0.507 e. The molecular weight excluding hydrogens is 590 g/mol. The maximum absolute atomic E-state index is 13.5. The lowest BCUT2D eigenvalue weighted by Gasteiger charge is -2.22. The Hall–Kier alpha value is -4.22. The highest BCUT2D eigenvalue weighted by Gasteiger charge is 2.48. The van der Waals surface area contributed by atoms with Crippen molar-refractivity contribution in [3.63, 3.8) is 0 Å². The van der Waals surface area contributed by atoms with Gasteiger partial charge in [0.1, 0.15) is 23.1 Å². The van der Waals surface area contributed by atoms with Crippen molar-refractivity contribution in [2.75, 3.05) is 18.1 Å². The van der Waals surface area contributed by atoms with Gasteiger partial charge in [-0.1, -0.05) is 61.2 Å². The summed E-state index contributed by atoms with van der Waals surface area (Å²) in [5, 5.41) is 20.1. The van der Waals surface area contributed by atoms with E-state index >= 15 is 0 Å². The van der Waals surface area contributed by atoms with Crippen LogP contribution in [0.3, 0.4) is 0 Å². The number of halogens is 1. The minimum absolute atomic E-state index is 0.0508. The molecule has 3 aromatic carbocycles. The van der Waals surface area contributed by atoms with Crippen LogP contribution in [0.25, 0.3) is 5.76 Å². The summed E-state index contributed by atoms with van der Waals surface area (Å²) < 4.78 is 25.2. The molecule has 1 aliphatic rings. The summed E-state index contributed by atoms with van der Waals surface area (Å²) in [4.78, 5) is 28.3. The van der Waals surface area contributed by atoms with Crippen molar-refractivity contribution in [3.8, 4) is 11.5 Å². The minimum atomic E-state index is -0.945. The Kier molecular flexibility index (Phi) is 9.73. The molecule has 222 valence electrons. The number of rotatable bonds is 12. The van der Waals surface area contributed by atoms with Gasteiger partial charge in [-0.3, -0.25) is 14.5 Å². The SMILES string of the molecule is CCCOc1ccc(/C(O)=C2/C(=O)C(=O)N(c3nnc(SCc4ccc(F)cc4)s3)C2c2ccc(OCCC)cc2)cc1. The van der Waals surface area contributed by atoms with Crippen molar-refractivity contribution in [3.05, 3.63) is 101 Å². The smallest absolute Gasteiger partial charge is 0.301 e. The van der Waals surface area contributed by atoms with Crippen molar-refractivity contribution in [1.29, 1.82) is 0 Å². The molecule has 1 N–H and O–H groups in total. The molecule has 1 unspecified atom stereocenters. The number of hydrogen-bond acceptors (Lipinski definition) is 9. The van der Waals surface area contributed by atoms with Crippen LogP contribution >= 0.6 is 23.1 Å². The van der Waals surface area contributed by atoms with Crippen LogP contribution in [0.2, 0.25) is 0 Å². The molecule has 5 rings (SSSR count). The zero-order chi connectivity index (χ0) is 30.3. The van der Waals surface area contributed by atoms with Gasteiger partial charge in [0.15, 0.2) is 4.34 Å². The van der Waals surface area contributed by atoms with Crippen LogP contribution in [0.4, 0.5) is 9.52 Å². The summed E-state index contributed by atoms with van der Waals surface area (Å²) in [5.41, 5.74) is 1.83. The van der Waals surface area contributed by atoms with E-state index in [-0.39, 0.29) is 22.3 Å². The molecule has 0 spiro atoms. The fourth-order valence-electron chi connectivity index (χ4n) is 4.48. The number of Topliss-reactive ketones (excluding diaryl/α,β-unsaturated/α-hetero) is 1. The zero-order valence-corrected chi connectivity index (χ0v) is 25.3. The van der Waals surface area contributed by atoms with Crippen molar-refractivity contribution in [1.82, 2.24) is 10.2 Å². The predicted octanol–water partition coefficient (Wildman–Crippen LogP) is 7.17. The van der Waals surface area contributed by atoms with E-state index in [0.717, 1.165) is 29.7 Å². The predicted molar refractivity (Wildman–Crippen MR) is 165 cm³/mol. The van der Waals surface area contributed by atoms with Gasteiger partial charge in [0.05, 0.1) is 24.8 Å². The number of amides is 1. The van der Waals surface area contributed by atoms with Gasteiger partial charge in [-0.2, -0.15) is 0 Å². The van der Waals surface area contributed by atoms with Gasteiger partial charge in [-0.05, 0) is 72.5 Å². The van der Waals surface area contributed by atoms with Crippen LogP contribution in [-0.4, -0.2) is 40.2 Å². The second-order valence-electron chi connectivity index (χ2n) is 9.73. The van der Waals surface area contributed by atoms with Gasteiger partial charge in [-0.25, -0.2) is 4.39 Å². The van der Waals surface area contributed by atoms with Crippen LogP contribution in [-0.2, 0) is 15.3 Å². The van der Waals surface area contributed by atoms with E-state index in [1.54, 1.807) is 60.7 Å². The highest BCUT2D eigenvalue weighted by atomic mass is 32.2. The van der Waals surface area contributed by atoms with Crippen LogP contribution in [0.5, 0.6) is 11.5 Å². The number of ketones is 1. The maximum atomic E-state index is 13.5. The zero-order valence-electron chi connectivity index (χ0n) is 23.7. The third kappa shape index (κ3) is 6.89. The van der Waals surface area contributed by atoms with Crippen LogP contribution < -0.4 is 14.4 Å². The monoisotopic (exact) mass is 619 g/mol. The van der Waals surface area contributed by atoms with E-state index in [1.165, 1.54) is 28.8 Å². The molecule has 11 heteroatoms. The fraction of sp³-hybridized carbons (Fsp3) is 0.250. The summed E-state index contributed by atoms with van der Waals surface area (Å²) in [7, 11) is 0. The first-order valence-electron chi connectivity index (χ1n) is 13.9. The third-order valence-electron chi connectivity index (χ3n) is 6.59. The number of ether oxygens (including phenoxy) is 2. The highest BCUT2D eigenvalue weighted by Crippen LogP contribution is 2.44. The number of anilines is 1. The molecule has 1 atom stereocenters. The van der Waals surface area contributed by atoms with E-state index < -0.39 is 17.7 Å². The molecule has 1 fully saturated rings. The van der Waals surface area contributed by atoms with Gasteiger partial charge < -0.3 is 14.6 Å². The van der Waals surface area contributed by atoms with Crippen molar-refractivity contribution in [2.24, 2.45) is 0 Å². The van der Waals surface area contributed by atoms with E-state index in [2.05, 4.69) is 10.2 Å². The Morgan fingerprint density at radius 2 is 1.51 bits per heavy atom. The number of thioether (sulfide) groups is 1. The number of aromatic nitrogens is 2. The minimum Gasteiger partial charge on any atom is -0.507 e. The number of carbonyl (C=O) groups excluding carboxylic acids is 2. The molecule has 0 bridgehead atoms. The second-order valence-corrected chi connectivity index (χ2v) is 11.9. The Balaban J connectivity index is 1.50. The Morgan fingerprint density at radius 1 is 0.907 bits per heavy atom. The van der Waals surface area contributed by atoms with Gasteiger partial charge in [0, 0.05) is 11.3 Å². The van der Waals surface area contributed by atoms with Gasteiger partial charge in [0.2, 0.25) is 5.13 Å². The molecule has 0 aliphatic carbocycles. The Labute approximate surface area is 257 Å². The molecule has 1 saturated heterocycles. The van der Waals surface area contributed by atoms with Crippen LogP contribution in [0.15, 0.2) is 82.7 Å². The molecule has 1 amide bonds. The van der Waals surface area contributed by atoms with Gasteiger partial charge in [0.25, 0.3) is 5.78 Å². The van der Waals surface area contributed by atoms with Crippen molar-refractivity contribution >= 4 is 45.7 Å². The number of carbonyl (C=O) groups is 2. The van der Waals surface area contributed by atoms with Crippen LogP contribution in [0.1, 0.15) is 49.4 Å². The number of benzene rings is 3. The molecule has 8 nitrogen and oxygen atoms in total. The number of aliphatic hydroxyl groups is 1.